The summed E-state index contributed by atoms with van der Waals surface area (Å²) in [5.41, 5.74) is -0.715. The number of rotatable bonds is 7. The van der Waals surface area contributed by atoms with Crippen molar-refractivity contribution in [1.29, 1.82) is 0 Å². The Kier molecular flexibility index (Phi) is 10.8. The summed E-state index contributed by atoms with van der Waals surface area (Å²) < 4.78 is 80.6. The normalized spacial score (nSPS) is 17.9. The van der Waals surface area contributed by atoms with Crippen molar-refractivity contribution in [3.05, 3.63) is 69.8 Å². The van der Waals surface area contributed by atoms with Crippen LogP contribution >= 0.6 is 12.4 Å². The molecule has 1 heterocycles. The van der Waals surface area contributed by atoms with Crippen LogP contribution in [0.4, 0.5) is 26.3 Å². The maximum atomic E-state index is 13.6. The summed E-state index contributed by atoms with van der Waals surface area (Å²) in [7, 11) is 0. The van der Waals surface area contributed by atoms with E-state index in [1.54, 1.807) is 0 Å². The number of carbonyl (C=O) groups excluding carboxylic acids is 2. The molecule has 1 saturated heterocycles. The molecule has 2 aromatic carbocycles. The van der Waals surface area contributed by atoms with Crippen LogP contribution in [0.1, 0.15) is 57.9 Å². The van der Waals surface area contributed by atoms with E-state index in [2.05, 4.69) is 10.6 Å². The second-order valence-corrected chi connectivity index (χ2v) is 9.67. The molecule has 0 aliphatic carbocycles. The molecule has 2 aromatic rings. The first-order chi connectivity index (χ1) is 17.7. The summed E-state index contributed by atoms with van der Waals surface area (Å²) >= 11 is 0. The molecule has 1 aliphatic rings. The zero-order valence-corrected chi connectivity index (χ0v) is 22.6. The van der Waals surface area contributed by atoms with Crippen LogP contribution in [0.5, 0.6) is 0 Å². The molecule has 0 radical (unpaired) electrons. The first-order valence-electron chi connectivity index (χ1n) is 12.3. The fourth-order valence-electron chi connectivity index (χ4n) is 4.69. The lowest BCUT2D eigenvalue weighted by molar-refractivity contribution is -0.143. The standard InChI is InChI=1S/C27H31F6N3O2.ClH/c1-16-6-7-19(11-17(16)2)12-24-23(5-4-8-34-18(3)37)35-9-10-36(24)25(38)20-13-21(26(28,29)30)15-22(14-20)27(31,32)33;/h6-7,11,13-15,23-24,35H,4-5,8-10,12H2,1-3H3,(H,34,37);1H. The van der Waals surface area contributed by atoms with Crippen molar-refractivity contribution in [2.24, 2.45) is 0 Å². The van der Waals surface area contributed by atoms with Gasteiger partial charge in [0.15, 0.2) is 0 Å². The maximum Gasteiger partial charge on any atom is 0.416 e. The van der Waals surface area contributed by atoms with Gasteiger partial charge in [0.1, 0.15) is 0 Å². The van der Waals surface area contributed by atoms with Crippen LogP contribution in [0.2, 0.25) is 0 Å². The number of alkyl halides is 6. The van der Waals surface area contributed by atoms with E-state index in [4.69, 9.17) is 0 Å². The highest BCUT2D eigenvalue weighted by Gasteiger charge is 2.40. The Morgan fingerprint density at radius 2 is 1.59 bits per heavy atom. The Hall–Kier alpha value is -2.79. The number of piperazine rings is 1. The van der Waals surface area contributed by atoms with Gasteiger partial charge in [-0.3, -0.25) is 9.59 Å². The largest absolute Gasteiger partial charge is 0.416 e. The number of benzene rings is 2. The van der Waals surface area contributed by atoms with Gasteiger partial charge in [0.2, 0.25) is 5.91 Å². The van der Waals surface area contributed by atoms with Gasteiger partial charge in [-0.1, -0.05) is 18.2 Å². The lowest BCUT2D eigenvalue weighted by Crippen LogP contribution is -2.60. The monoisotopic (exact) mass is 579 g/mol. The van der Waals surface area contributed by atoms with Gasteiger partial charge < -0.3 is 15.5 Å². The summed E-state index contributed by atoms with van der Waals surface area (Å²) in [6.07, 6.45) is -8.63. The lowest BCUT2D eigenvalue weighted by Gasteiger charge is -2.42. The predicted molar refractivity (Wildman–Crippen MR) is 138 cm³/mol. The van der Waals surface area contributed by atoms with Gasteiger partial charge in [-0.15, -0.1) is 12.4 Å². The second kappa shape index (κ2) is 13.0. The molecular weight excluding hydrogens is 548 g/mol. The number of nitrogens with zero attached hydrogens (tertiary/aromatic N) is 1. The Morgan fingerprint density at radius 3 is 2.13 bits per heavy atom. The van der Waals surface area contributed by atoms with Crippen LogP contribution in [0.15, 0.2) is 36.4 Å². The summed E-state index contributed by atoms with van der Waals surface area (Å²) in [5.74, 6) is -1.07. The lowest BCUT2D eigenvalue weighted by atomic mass is 9.90. The third-order valence-corrected chi connectivity index (χ3v) is 6.80. The Balaban J connectivity index is 0.00000533. The first kappa shape index (κ1) is 32.4. The second-order valence-electron chi connectivity index (χ2n) is 9.67. The van der Waals surface area contributed by atoms with Crippen LogP contribution in [-0.2, 0) is 23.6 Å². The van der Waals surface area contributed by atoms with Crippen LogP contribution in [0.25, 0.3) is 0 Å². The molecule has 216 valence electrons. The zero-order valence-electron chi connectivity index (χ0n) is 21.8. The molecule has 39 heavy (non-hydrogen) atoms. The minimum atomic E-state index is -5.05. The fourth-order valence-corrected chi connectivity index (χ4v) is 4.69. The number of halogens is 7. The number of amides is 2. The molecule has 2 N–H and O–H groups in total. The molecule has 0 spiro atoms. The molecule has 3 rings (SSSR count). The molecule has 0 saturated carbocycles. The molecule has 0 bridgehead atoms. The predicted octanol–water partition coefficient (Wildman–Crippen LogP) is 5.70. The van der Waals surface area contributed by atoms with Gasteiger partial charge >= 0.3 is 12.4 Å². The summed E-state index contributed by atoms with van der Waals surface area (Å²) in [4.78, 5) is 26.1. The molecule has 2 unspecified atom stereocenters. The summed E-state index contributed by atoms with van der Waals surface area (Å²) in [6.45, 7) is 6.13. The van der Waals surface area contributed by atoms with E-state index in [9.17, 15) is 35.9 Å². The minimum absolute atomic E-state index is 0. The number of nitrogens with one attached hydrogen (secondary N) is 2. The minimum Gasteiger partial charge on any atom is -0.356 e. The average molecular weight is 580 g/mol. The van der Waals surface area contributed by atoms with E-state index in [1.165, 1.54) is 11.8 Å². The van der Waals surface area contributed by atoms with Crippen LogP contribution in [0.3, 0.4) is 0 Å². The molecule has 2 amide bonds. The number of aryl methyl sites for hydroxylation is 2. The zero-order chi connectivity index (χ0) is 28.3. The van der Waals surface area contributed by atoms with Gasteiger partial charge in [-0.05, 0) is 68.0 Å². The van der Waals surface area contributed by atoms with Gasteiger partial charge in [0.05, 0.1) is 17.2 Å². The Bertz CT molecular complexity index is 1140. The molecule has 5 nitrogen and oxygen atoms in total. The SMILES string of the molecule is CC(=O)NCCCC1NCCN(C(=O)c2cc(C(F)(F)F)cc(C(F)(F)F)c2)C1Cc1ccc(C)c(C)c1.Cl. The quantitative estimate of drug-likeness (QED) is 0.327. The number of hydrogen-bond donors (Lipinski definition) is 2. The highest BCUT2D eigenvalue weighted by Crippen LogP contribution is 2.37. The average Bonchev–Trinajstić information content (AvgIpc) is 2.83. The first-order valence-corrected chi connectivity index (χ1v) is 12.3. The van der Waals surface area contributed by atoms with Crippen molar-refractivity contribution in [3.63, 3.8) is 0 Å². The highest BCUT2D eigenvalue weighted by molar-refractivity contribution is 5.95. The van der Waals surface area contributed by atoms with E-state index in [-0.39, 0.29) is 37.0 Å². The van der Waals surface area contributed by atoms with Crippen molar-refractivity contribution >= 4 is 24.2 Å². The Morgan fingerprint density at radius 1 is 0.974 bits per heavy atom. The van der Waals surface area contributed by atoms with Gasteiger partial charge in [0.25, 0.3) is 5.91 Å². The number of carbonyl (C=O) groups is 2. The van der Waals surface area contributed by atoms with E-state index in [1.807, 2.05) is 32.0 Å². The van der Waals surface area contributed by atoms with Crippen molar-refractivity contribution in [2.75, 3.05) is 19.6 Å². The fraction of sp³-hybridized carbons (Fsp3) is 0.481. The maximum absolute atomic E-state index is 13.6. The molecule has 0 aromatic heterocycles. The molecule has 1 fully saturated rings. The molecule has 1 aliphatic heterocycles. The van der Waals surface area contributed by atoms with Crippen LogP contribution in [-0.4, -0.2) is 48.4 Å². The van der Waals surface area contributed by atoms with Crippen molar-refractivity contribution in [3.8, 4) is 0 Å². The molecule has 2 atom stereocenters. The van der Waals surface area contributed by atoms with E-state index in [0.29, 0.717) is 44.5 Å². The Labute approximate surface area is 229 Å². The van der Waals surface area contributed by atoms with Crippen LogP contribution < -0.4 is 10.6 Å². The van der Waals surface area contributed by atoms with Crippen molar-refractivity contribution in [2.45, 2.75) is 64.5 Å². The molecular formula is C27H32ClF6N3O2. The smallest absolute Gasteiger partial charge is 0.356 e. The summed E-state index contributed by atoms with van der Waals surface area (Å²) in [6, 6.07) is 5.98. The van der Waals surface area contributed by atoms with Gasteiger partial charge in [0, 0.05) is 38.2 Å². The third kappa shape index (κ3) is 8.60. The van der Waals surface area contributed by atoms with E-state index < -0.39 is 41.0 Å². The highest BCUT2D eigenvalue weighted by atomic mass is 35.5. The third-order valence-electron chi connectivity index (χ3n) is 6.80. The number of hydrogen-bond acceptors (Lipinski definition) is 3. The van der Waals surface area contributed by atoms with Crippen molar-refractivity contribution < 1.29 is 35.9 Å². The van der Waals surface area contributed by atoms with Crippen LogP contribution in [0, 0.1) is 13.8 Å². The summed E-state index contributed by atoms with van der Waals surface area (Å²) in [5, 5.41) is 6.05. The van der Waals surface area contributed by atoms with E-state index >= 15 is 0 Å². The van der Waals surface area contributed by atoms with Crippen molar-refractivity contribution in [1.82, 2.24) is 15.5 Å². The van der Waals surface area contributed by atoms with E-state index in [0.717, 1.165) is 16.7 Å². The van der Waals surface area contributed by atoms with Gasteiger partial charge in [-0.25, -0.2) is 0 Å². The van der Waals surface area contributed by atoms with Gasteiger partial charge in [-0.2, -0.15) is 26.3 Å². The topological polar surface area (TPSA) is 61.4 Å². The molecule has 12 heteroatoms.